The molecule has 0 aliphatic carbocycles. The summed E-state index contributed by atoms with van der Waals surface area (Å²) in [6, 6.07) is 10.6. The van der Waals surface area contributed by atoms with Gasteiger partial charge in [0.25, 0.3) is 0 Å². The fourth-order valence-corrected chi connectivity index (χ4v) is 2.01. The second-order valence-corrected chi connectivity index (χ2v) is 3.91. The van der Waals surface area contributed by atoms with Gasteiger partial charge in [-0.2, -0.15) is 0 Å². The molecule has 1 aliphatic heterocycles. The van der Waals surface area contributed by atoms with Crippen LogP contribution in [0.5, 0.6) is 0 Å². The van der Waals surface area contributed by atoms with Crippen LogP contribution in [0.25, 0.3) is 0 Å². The first-order valence-electron chi connectivity index (χ1n) is 5.53. The number of rotatable bonds is 3. The number of piperazine rings is 1. The fraction of sp³-hybridized carbons (Fsp3) is 0.385. The second-order valence-electron chi connectivity index (χ2n) is 3.91. The van der Waals surface area contributed by atoms with Crippen molar-refractivity contribution in [2.75, 3.05) is 37.6 Å². The van der Waals surface area contributed by atoms with E-state index >= 15 is 0 Å². The predicted octanol–water partition coefficient (Wildman–Crippen LogP) is 1.99. The summed E-state index contributed by atoms with van der Waals surface area (Å²) in [6.07, 6.45) is 1.98. The van der Waals surface area contributed by atoms with E-state index in [1.54, 1.807) is 0 Å². The minimum Gasteiger partial charge on any atom is -0.369 e. The summed E-state index contributed by atoms with van der Waals surface area (Å²) < 4.78 is 0. The maximum Gasteiger partial charge on any atom is 0.0367 e. The summed E-state index contributed by atoms with van der Waals surface area (Å²) in [4.78, 5) is 4.88. The van der Waals surface area contributed by atoms with Gasteiger partial charge in [-0.05, 0) is 12.1 Å². The van der Waals surface area contributed by atoms with Crippen molar-refractivity contribution >= 4 is 5.69 Å². The minimum atomic E-state index is 1.02. The molecule has 1 fully saturated rings. The van der Waals surface area contributed by atoms with Gasteiger partial charge in [-0.15, -0.1) is 6.58 Å². The maximum atomic E-state index is 3.78. The van der Waals surface area contributed by atoms with Crippen molar-refractivity contribution in [3.05, 3.63) is 43.0 Å². The zero-order valence-corrected chi connectivity index (χ0v) is 9.10. The fourth-order valence-electron chi connectivity index (χ4n) is 2.01. The molecule has 15 heavy (non-hydrogen) atoms. The number of hydrogen-bond donors (Lipinski definition) is 0. The van der Waals surface area contributed by atoms with E-state index in [9.17, 15) is 0 Å². The molecular formula is C13H18N2. The minimum absolute atomic E-state index is 1.02. The Morgan fingerprint density at radius 2 is 1.73 bits per heavy atom. The number of nitrogens with zero attached hydrogens (tertiary/aromatic N) is 2. The van der Waals surface area contributed by atoms with Gasteiger partial charge in [-0.1, -0.05) is 24.3 Å². The third kappa shape index (κ3) is 2.60. The van der Waals surface area contributed by atoms with Crippen LogP contribution in [0.2, 0.25) is 0 Å². The van der Waals surface area contributed by atoms with Crippen molar-refractivity contribution in [3.8, 4) is 0 Å². The van der Waals surface area contributed by atoms with Gasteiger partial charge in [0.1, 0.15) is 0 Å². The van der Waals surface area contributed by atoms with Gasteiger partial charge in [0.2, 0.25) is 0 Å². The van der Waals surface area contributed by atoms with Gasteiger partial charge in [0, 0.05) is 38.4 Å². The quantitative estimate of drug-likeness (QED) is 0.692. The van der Waals surface area contributed by atoms with E-state index in [0.717, 1.165) is 32.7 Å². The van der Waals surface area contributed by atoms with Crippen LogP contribution in [-0.2, 0) is 0 Å². The van der Waals surface area contributed by atoms with Crippen LogP contribution in [-0.4, -0.2) is 37.6 Å². The molecule has 0 atom stereocenters. The first kappa shape index (κ1) is 10.2. The highest BCUT2D eigenvalue weighted by Crippen LogP contribution is 2.15. The maximum absolute atomic E-state index is 3.78. The van der Waals surface area contributed by atoms with Crippen molar-refractivity contribution in [1.29, 1.82) is 0 Å². The molecule has 0 saturated carbocycles. The molecule has 0 radical (unpaired) electrons. The monoisotopic (exact) mass is 202 g/mol. The molecule has 2 nitrogen and oxygen atoms in total. The molecule has 0 aromatic heterocycles. The van der Waals surface area contributed by atoms with Crippen LogP contribution in [0.15, 0.2) is 43.0 Å². The Balaban J connectivity index is 1.91. The summed E-state index contributed by atoms with van der Waals surface area (Å²) in [6.45, 7) is 9.32. The lowest BCUT2D eigenvalue weighted by Crippen LogP contribution is -2.46. The highest BCUT2D eigenvalue weighted by atomic mass is 15.3. The molecule has 0 amide bonds. The molecule has 0 unspecified atom stereocenters. The first-order valence-corrected chi connectivity index (χ1v) is 5.53. The van der Waals surface area contributed by atoms with Gasteiger partial charge in [0.05, 0.1) is 0 Å². The van der Waals surface area contributed by atoms with E-state index < -0.39 is 0 Å². The largest absolute Gasteiger partial charge is 0.369 e. The third-order valence-corrected chi connectivity index (χ3v) is 2.88. The molecule has 0 spiro atoms. The average molecular weight is 202 g/mol. The Bertz CT molecular complexity index is 300. The molecule has 0 N–H and O–H groups in total. The lowest BCUT2D eigenvalue weighted by atomic mass is 10.2. The summed E-state index contributed by atoms with van der Waals surface area (Å²) in [7, 11) is 0. The van der Waals surface area contributed by atoms with Crippen molar-refractivity contribution in [1.82, 2.24) is 4.90 Å². The van der Waals surface area contributed by atoms with E-state index in [1.165, 1.54) is 5.69 Å². The summed E-state index contributed by atoms with van der Waals surface area (Å²) in [5, 5.41) is 0. The van der Waals surface area contributed by atoms with E-state index in [0.29, 0.717) is 0 Å². The highest BCUT2D eigenvalue weighted by molar-refractivity contribution is 5.46. The van der Waals surface area contributed by atoms with Crippen molar-refractivity contribution in [2.45, 2.75) is 0 Å². The predicted molar refractivity (Wildman–Crippen MR) is 65.3 cm³/mol. The molecular weight excluding hydrogens is 184 g/mol. The van der Waals surface area contributed by atoms with Gasteiger partial charge in [-0.3, -0.25) is 4.90 Å². The molecule has 1 saturated heterocycles. The van der Waals surface area contributed by atoms with Crippen LogP contribution in [0.3, 0.4) is 0 Å². The lowest BCUT2D eigenvalue weighted by Gasteiger charge is -2.35. The van der Waals surface area contributed by atoms with Gasteiger partial charge in [0.15, 0.2) is 0 Å². The van der Waals surface area contributed by atoms with Crippen LogP contribution in [0.4, 0.5) is 5.69 Å². The van der Waals surface area contributed by atoms with Crippen molar-refractivity contribution in [3.63, 3.8) is 0 Å². The summed E-state index contributed by atoms with van der Waals surface area (Å²) >= 11 is 0. The standard InChI is InChI=1S/C13H18N2/c1-2-8-14-9-11-15(12-10-14)13-6-4-3-5-7-13/h2-7H,1,8-12H2. The van der Waals surface area contributed by atoms with E-state index in [1.807, 2.05) is 6.08 Å². The van der Waals surface area contributed by atoms with Gasteiger partial charge < -0.3 is 4.90 Å². The smallest absolute Gasteiger partial charge is 0.0367 e. The van der Waals surface area contributed by atoms with Gasteiger partial charge in [-0.25, -0.2) is 0 Å². The van der Waals surface area contributed by atoms with E-state index in [2.05, 4.69) is 46.7 Å². The molecule has 1 aromatic rings. The van der Waals surface area contributed by atoms with E-state index in [4.69, 9.17) is 0 Å². The topological polar surface area (TPSA) is 6.48 Å². The number of hydrogen-bond acceptors (Lipinski definition) is 2. The Hall–Kier alpha value is -1.28. The van der Waals surface area contributed by atoms with Crippen LogP contribution in [0, 0.1) is 0 Å². The molecule has 1 heterocycles. The number of anilines is 1. The van der Waals surface area contributed by atoms with Crippen molar-refractivity contribution in [2.24, 2.45) is 0 Å². The second kappa shape index (κ2) is 4.99. The SMILES string of the molecule is C=CCN1CCN(c2ccccc2)CC1. The molecule has 2 rings (SSSR count). The number of benzene rings is 1. The number of para-hydroxylation sites is 1. The Morgan fingerprint density at radius 3 is 2.33 bits per heavy atom. The summed E-state index contributed by atoms with van der Waals surface area (Å²) in [5.41, 5.74) is 1.34. The molecule has 0 bridgehead atoms. The molecule has 1 aliphatic rings. The average Bonchev–Trinajstić information content (AvgIpc) is 2.32. The van der Waals surface area contributed by atoms with Gasteiger partial charge >= 0.3 is 0 Å². The normalized spacial score (nSPS) is 17.7. The van der Waals surface area contributed by atoms with Crippen molar-refractivity contribution < 1.29 is 0 Å². The molecule has 80 valence electrons. The Labute approximate surface area is 91.8 Å². The van der Waals surface area contributed by atoms with E-state index in [-0.39, 0.29) is 0 Å². The highest BCUT2D eigenvalue weighted by Gasteiger charge is 2.15. The summed E-state index contributed by atoms with van der Waals surface area (Å²) in [5.74, 6) is 0. The molecule has 2 heteroatoms. The van der Waals surface area contributed by atoms with Crippen LogP contribution < -0.4 is 4.90 Å². The lowest BCUT2D eigenvalue weighted by molar-refractivity contribution is 0.284. The molecule has 1 aromatic carbocycles. The zero-order chi connectivity index (χ0) is 10.5. The third-order valence-electron chi connectivity index (χ3n) is 2.88. The zero-order valence-electron chi connectivity index (χ0n) is 9.10. The van der Waals surface area contributed by atoms with Crippen LogP contribution >= 0.6 is 0 Å². The Kier molecular flexibility index (Phi) is 3.41. The Morgan fingerprint density at radius 1 is 1.07 bits per heavy atom. The van der Waals surface area contributed by atoms with Crippen LogP contribution in [0.1, 0.15) is 0 Å². The first-order chi connectivity index (χ1) is 7.40.